The molecule has 0 atom stereocenters. The minimum atomic E-state index is 0.307. The van der Waals surface area contributed by atoms with E-state index in [4.69, 9.17) is 16.3 Å². The Bertz CT molecular complexity index is 744. The van der Waals surface area contributed by atoms with E-state index in [1.165, 1.54) is 6.33 Å². The van der Waals surface area contributed by atoms with Crippen molar-refractivity contribution >= 4 is 22.8 Å². The molecule has 0 aliphatic rings. The van der Waals surface area contributed by atoms with Crippen LogP contribution in [0.5, 0.6) is 5.88 Å². The number of rotatable bonds is 5. The molecule has 0 spiro atoms. The van der Waals surface area contributed by atoms with Crippen molar-refractivity contribution in [2.75, 3.05) is 7.11 Å². The third-order valence-electron chi connectivity index (χ3n) is 3.21. The molecule has 0 unspecified atom stereocenters. The molecule has 3 aromatic rings. The molecule has 108 valence electrons. The number of aromatic nitrogens is 5. The standard InChI is InChI=1S/C14H14ClN5O/c1-21-14-12-13(17-9-18-14)20(11(8-15)19-12)7-5-10-4-2-3-6-16-10/h2-4,6,9H,5,7-8H2,1H3. The minimum Gasteiger partial charge on any atom is -0.479 e. The third-order valence-corrected chi connectivity index (χ3v) is 3.45. The Morgan fingerprint density at radius 1 is 1.24 bits per heavy atom. The summed E-state index contributed by atoms with van der Waals surface area (Å²) in [7, 11) is 1.56. The summed E-state index contributed by atoms with van der Waals surface area (Å²) in [6.45, 7) is 0.704. The summed E-state index contributed by atoms with van der Waals surface area (Å²) >= 11 is 5.99. The van der Waals surface area contributed by atoms with Gasteiger partial charge in [-0.3, -0.25) is 4.98 Å². The number of nitrogens with zero attached hydrogens (tertiary/aromatic N) is 5. The highest BCUT2D eigenvalue weighted by molar-refractivity contribution is 6.16. The van der Waals surface area contributed by atoms with Crippen LogP contribution in [0.2, 0.25) is 0 Å². The lowest BCUT2D eigenvalue weighted by Crippen LogP contribution is -2.06. The van der Waals surface area contributed by atoms with E-state index in [0.29, 0.717) is 23.8 Å². The normalized spacial score (nSPS) is 11.0. The largest absolute Gasteiger partial charge is 0.479 e. The lowest BCUT2D eigenvalue weighted by Gasteiger charge is -2.06. The van der Waals surface area contributed by atoms with E-state index in [-0.39, 0.29) is 0 Å². The number of alkyl halides is 1. The number of aryl methyl sites for hydroxylation is 2. The number of imidazole rings is 1. The highest BCUT2D eigenvalue weighted by Crippen LogP contribution is 2.22. The molecule has 6 nitrogen and oxygen atoms in total. The van der Waals surface area contributed by atoms with Gasteiger partial charge in [-0.15, -0.1) is 11.6 Å². The molecule has 0 amide bonds. The van der Waals surface area contributed by atoms with Gasteiger partial charge in [-0.1, -0.05) is 6.07 Å². The first-order valence-electron chi connectivity index (χ1n) is 6.53. The summed E-state index contributed by atoms with van der Waals surface area (Å²) in [5.41, 5.74) is 2.38. The van der Waals surface area contributed by atoms with Crippen molar-refractivity contribution in [1.29, 1.82) is 0 Å². The first-order chi connectivity index (χ1) is 10.3. The molecule has 3 rings (SSSR count). The van der Waals surface area contributed by atoms with Crippen molar-refractivity contribution in [3.8, 4) is 5.88 Å². The van der Waals surface area contributed by atoms with Crippen molar-refractivity contribution < 1.29 is 4.74 Å². The van der Waals surface area contributed by atoms with Crippen molar-refractivity contribution in [2.24, 2.45) is 0 Å². The van der Waals surface area contributed by atoms with Gasteiger partial charge in [0.2, 0.25) is 5.88 Å². The maximum absolute atomic E-state index is 5.99. The fraction of sp³-hybridized carbons (Fsp3) is 0.286. The van der Waals surface area contributed by atoms with E-state index in [9.17, 15) is 0 Å². The van der Waals surface area contributed by atoms with Crippen LogP contribution in [0.25, 0.3) is 11.2 Å². The van der Waals surface area contributed by atoms with Gasteiger partial charge >= 0.3 is 0 Å². The Kier molecular flexibility index (Phi) is 3.96. The number of fused-ring (bicyclic) bond motifs is 1. The highest BCUT2D eigenvalue weighted by Gasteiger charge is 2.15. The van der Waals surface area contributed by atoms with Crippen molar-refractivity contribution in [3.05, 3.63) is 42.2 Å². The van der Waals surface area contributed by atoms with Gasteiger partial charge in [0.1, 0.15) is 12.2 Å². The number of pyridine rings is 1. The van der Waals surface area contributed by atoms with E-state index in [1.807, 2.05) is 22.8 Å². The second-order valence-electron chi connectivity index (χ2n) is 4.44. The van der Waals surface area contributed by atoms with Gasteiger partial charge in [-0.2, -0.15) is 4.98 Å². The lowest BCUT2D eigenvalue weighted by molar-refractivity contribution is 0.401. The molecule has 0 radical (unpaired) electrons. The summed E-state index contributed by atoms with van der Waals surface area (Å²) in [6.07, 6.45) is 4.04. The van der Waals surface area contributed by atoms with E-state index >= 15 is 0 Å². The van der Waals surface area contributed by atoms with Crippen LogP contribution in [0.15, 0.2) is 30.7 Å². The summed E-state index contributed by atoms with van der Waals surface area (Å²) < 4.78 is 7.21. The molecule has 3 aromatic heterocycles. The maximum atomic E-state index is 5.99. The van der Waals surface area contributed by atoms with Gasteiger partial charge in [0.05, 0.1) is 13.0 Å². The Morgan fingerprint density at radius 2 is 2.14 bits per heavy atom. The lowest BCUT2D eigenvalue weighted by atomic mass is 10.2. The van der Waals surface area contributed by atoms with Gasteiger partial charge in [0.25, 0.3) is 0 Å². The summed E-state index contributed by atoms with van der Waals surface area (Å²) in [5.74, 6) is 1.52. The predicted octanol–water partition coefficient (Wildman–Crippen LogP) is 2.21. The maximum Gasteiger partial charge on any atom is 0.245 e. The van der Waals surface area contributed by atoms with Gasteiger partial charge in [-0.05, 0) is 12.1 Å². The average Bonchev–Trinajstić information content (AvgIpc) is 2.91. The zero-order valence-electron chi connectivity index (χ0n) is 11.5. The monoisotopic (exact) mass is 303 g/mol. The van der Waals surface area contributed by atoms with Gasteiger partial charge in [0.15, 0.2) is 11.2 Å². The Labute approximate surface area is 126 Å². The summed E-state index contributed by atoms with van der Waals surface area (Å²) in [5, 5.41) is 0. The number of methoxy groups -OCH3 is 1. The molecule has 0 aliphatic carbocycles. The zero-order chi connectivity index (χ0) is 14.7. The number of halogens is 1. The Morgan fingerprint density at radius 3 is 2.86 bits per heavy atom. The second kappa shape index (κ2) is 6.05. The molecule has 0 bridgehead atoms. The predicted molar refractivity (Wildman–Crippen MR) is 79.4 cm³/mol. The molecule has 3 heterocycles. The van der Waals surface area contributed by atoms with Gasteiger partial charge in [0, 0.05) is 24.9 Å². The Balaban J connectivity index is 1.97. The van der Waals surface area contributed by atoms with Crippen LogP contribution in [0.3, 0.4) is 0 Å². The quantitative estimate of drug-likeness (QED) is 0.676. The van der Waals surface area contributed by atoms with Gasteiger partial charge < -0.3 is 9.30 Å². The fourth-order valence-corrected chi connectivity index (χ4v) is 2.42. The van der Waals surface area contributed by atoms with Crippen LogP contribution in [0.4, 0.5) is 0 Å². The van der Waals surface area contributed by atoms with Crippen LogP contribution in [0, 0.1) is 0 Å². The number of hydrogen-bond acceptors (Lipinski definition) is 5. The van der Waals surface area contributed by atoms with Gasteiger partial charge in [-0.25, -0.2) is 9.97 Å². The molecule has 0 saturated carbocycles. The SMILES string of the molecule is COc1ncnc2c1nc(CCl)n2CCc1ccccn1. The average molecular weight is 304 g/mol. The molecule has 0 aromatic carbocycles. The van der Waals surface area contributed by atoms with E-state index in [1.54, 1.807) is 13.3 Å². The smallest absolute Gasteiger partial charge is 0.245 e. The van der Waals surface area contributed by atoms with E-state index < -0.39 is 0 Å². The Hall–Kier alpha value is -2.21. The molecule has 0 N–H and O–H groups in total. The van der Waals surface area contributed by atoms with Crippen LogP contribution in [-0.2, 0) is 18.8 Å². The van der Waals surface area contributed by atoms with Crippen LogP contribution in [-0.4, -0.2) is 31.6 Å². The van der Waals surface area contributed by atoms with E-state index in [0.717, 1.165) is 23.6 Å². The van der Waals surface area contributed by atoms with Crippen LogP contribution in [0.1, 0.15) is 11.5 Å². The fourth-order valence-electron chi connectivity index (χ4n) is 2.22. The highest BCUT2D eigenvalue weighted by atomic mass is 35.5. The van der Waals surface area contributed by atoms with Crippen molar-refractivity contribution in [2.45, 2.75) is 18.8 Å². The molecular formula is C14H14ClN5O. The summed E-state index contributed by atoms with van der Waals surface area (Å²) in [6, 6.07) is 5.87. The van der Waals surface area contributed by atoms with E-state index in [2.05, 4.69) is 19.9 Å². The number of hydrogen-bond donors (Lipinski definition) is 0. The molecule has 0 fully saturated rings. The zero-order valence-corrected chi connectivity index (χ0v) is 12.3. The minimum absolute atomic E-state index is 0.307. The molecule has 0 aliphatic heterocycles. The first-order valence-corrected chi connectivity index (χ1v) is 7.07. The second-order valence-corrected chi connectivity index (χ2v) is 4.71. The van der Waals surface area contributed by atoms with Crippen LogP contribution < -0.4 is 4.74 Å². The molecule has 21 heavy (non-hydrogen) atoms. The van der Waals surface area contributed by atoms with Crippen molar-refractivity contribution in [3.63, 3.8) is 0 Å². The topological polar surface area (TPSA) is 65.7 Å². The van der Waals surface area contributed by atoms with Crippen molar-refractivity contribution in [1.82, 2.24) is 24.5 Å². The molecular weight excluding hydrogens is 290 g/mol. The molecule has 0 saturated heterocycles. The van der Waals surface area contributed by atoms with Crippen LogP contribution >= 0.6 is 11.6 Å². The molecule has 7 heteroatoms. The number of ether oxygens (including phenoxy) is 1. The first kappa shape index (κ1) is 13.8. The third kappa shape index (κ3) is 2.67. The summed E-state index contributed by atoms with van der Waals surface area (Å²) in [4.78, 5) is 17.2.